The lowest BCUT2D eigenvalue weighted by atomic mass is 10.1. The Morgan fingerprint density at radius 1 is 1.62 bits per heavy atom. The molecule has 1 rings (SSSR count). The first-order chi connectivity index (χ1) is 6.24. The standard InChI is InChI=1S/C10H20N2O/c1-8(3-2-6-11)10(13)12-7-9-4-5-9/h8-9H,2-7,11H2,1H3,(H,12,13). The molecule has 0 radical (unpaired) electrons. The maximum atomic E-state index is 11.4. The Bertz CT molecular complexity index is 166. The highest BCUT2D eigenvalue weighted by Gasteiger charge is 2.22. The van der Waals surface area contributed by atoms with Crippen LogP contribution in [0.25, 0.3) is 0 Å². The summed E-state index contributed by atoms with van der Waals surface area (Å²) in [7, 11) is 0. The largest absolute Gasteiger partial charge is 0.356 e. The predicted molar refractivity (Wildman–Crippen MR) is 53.2 cm³/mol. The predicted octanol–water partition coefficient (Wildman–Crippen LogP) is 0.888. The van der Waals surface area contributed by atoms with Crippen LogP contribution in [0.5, 0.6) is 0 Å². The molecule has 1 unspecified atom stereocenters. The van der Waals surface area contributed by atoms with Gasteiger partial charge in [0, 0.05) is 12.5 Å². The third-order valence-electron chi connectivity index (χ3n) is 2.55. The number of carbonyl (C=O) groups is 1. The topological polar surface area (TPSA) is 55.1 Å². The second-order valence-electron chi connectivity index (χ2n) is 4.02. The summed E-state index contributed by atoms with van der Waals surface area (Å²) in [5, 5.41) is 2.97. The van der Waals surface area contributed by atoms with Crippen LogP contribution in [0, 0.1) is 11.8 Å². The summed E-state index contributed by atoms with van der Waals surface area (Å²) in [5.41, 5.74) is 5.38. The number of rotatable bonds is 6. The van der Waals surface area contributed by atoms with Gasteiger partial charge in [-0.3, -0.25) is 4.79 Å². The molecule has 1 amide bonds. The molecule has 1 aliphatic carbocycles. The number of hydrogen-bond donors (Lipinski definition) is 2. The van der Waals surface area contributed by atoms with Crippen molar-refractivity contribution in [3.8, 4) is 0 Å². The summed E-state index contributed by atoms with van der Waals surface area (Å²) in [6, 6.07) is 0. The number of hydrogen-bond acceptors (Lipinski definition) is 2. The van der Waals surface area contributed by atoms with Crippen LogP contribution in [-0.2, 0) is 4.79 Å². The van der Waals surface area contributed by atoms with Gasteiger partial charge < -0.3 is 11.1 Å². The van der Waals surface area contributed by atoms with Crippen LogP contribution < -0.4 is 11.1 Å². The Labute approximate surface area is 80.1 Å². The summed E-state index contributed by atoms with van der Waals surface area (Å²) in [6.07, 6.45) is 4.43. The average Bonchev–Trinajstić information content (AvgIpc) is 2.93. The Hall–Kier alpha value is -0.570. The third kappa shape index (κ3) is 4.27. The summed E-state index contributed by atoms with van der Waals surface area (Å²) >= 11 is 0. The molecule has 0 aromatic carbocycles. The second-order valence-corrected chi connectivity index (χ2v) is 4.02. The van der Waals surface area contributed by atoms with Crippen LogP contribution in [0.3, 0.4) is 0 Å². The molecule has 0 bridgehead atoms. The summed E-state index contributed by atoms with van der Waals surface area (Å²) in [4.78, 5) is 11.4. The number of amides is 1. The van der Waals surface area contributed by atoms with Crippen LogP contribution in [0.1, 0.15) is 32.6 Å². The molecule has 13 heavy (non-hydrogen) atoms. The average molecular weight is 184 g/mol. The minimum atomic E-state index is 0.127. The highest BCUT2D eigenvalue weighted by Crippen LogP contribution is 2.27. The first-order valence-corrected chi connectivity index (χ1v) is 5.21. The fourth-order valence-electron chi connectivity index (χ4n) is 1.30. The van der Waals surface area contributed by atoms with E-state index in [0.717, 1.165) is 25.3 Å². The quantitative estimate of drug-likeness (QED) is 0.644. The van der Waals surface area contributed by atoms with E-state index in [-0.39, 0.29) is 11.8 Å². The van der Waals surface area contributed by atoms with E-state index in [1.165, 1.54) is 12.8 Å². The molecule has 0 aliphatic heterocycles. The van der Waals surface area contributed by atoms with Gasteiger partial charge in [-0.05, 0) is 38.1 Å². The molecule has 0 saturated heterocycles. The van der Waals surface area contributed by atoms with E-state index in [1.807, 2.05) is 6.92 Å². The number of nitrogens with one attached hydrogen (secondary N) is 1. The van der Waals surface area contributed by atoms with E-state index < -0.39 is 0 Å². The van der Waals surface area contributed by atoms with Crippen LogP contribution in [0.4, 0.5) is 0 Å². The fraction of sp³-hybridized carbons (Fsp3) is 0.900. The maximum Gasteiger partial charge on any atom is 0.222 e. The Morgan fingerprint density at radius 2 is 2.31 bits per heavy atom. The highest BCUT2D eigenvalue weighted by molar-refractivity contribution is 5.78. The molecular formula is C10H20N2O. The molecule has 3 nitrogen and oxygen atoms in total. The van der Waals surface area contributed by atoms with E-state index >= 15 is 0 Å². The lowest BCUT2D eigenvalue weighted by Crippen LogP contribution is -2.31. The molecule has 1 fully saturated rings. The fourth-order valence-corrected chi connectivity index (χ4v) is 1.30. The van der Waals surface area contributed by atoms with E-state index in [0.29, 0.717) is 6.54 Å². The Balaban J connectivity index is 2.05. The zero-order valence-corrected chi connectivity index (χ0v) is 8.38. The van der Waals surface area contributed by atoms with E-state index in [1.54, 1.807) is 0 Å². The van der Waals surface area contributed by atoms with Crippen molar-refractivity contribution < 1.29 is 4.79 Å². The van der Waals surface area contributed by atoms with Gasteiger partial charge in [-0.25, -0.2) is 0 Å². The normalized spacial score (nSPS) is 18.3. The summed E-state index contributed by atoms with van der Waals surface area (Å²) in [5.74, 6) is 1.09. The van der Waals surface area contributed by atoms with Crippen molar-refractivity contribution in [3.05, 3.63) is 0 Å². The van der Waals surface area contributed by atoms with Gasteiger partial charge in [-0.2, -0.15) is 0 Å². The van der Waals surface area contributed by atoms with Crippen LogP contribution in [-0.4, -0.2) is 19.0 Å². The van der Waals surface area contributed by atoms with Gasteiger partial charge in [0.05, 0.1) is 0 Å². The monoisotopic (exact) mass is 184 g/mol. The van der Waals surface area contributed by atoms with Gasteiger partial charge in [0.2, 0.25) is 5.91 Å². The molecule has 1 aliphatic rings. The van der Waals surface area contributed by atoms with Crippen molar-refractivity contribution in [3.63, 3.8) is 0 Å². The van der Waals surface area contributed by atoms with Gasteiger partial charge >= 0.3 is 0 Å². The summed E-state index contributed by atoms with van der Waals surface area (Å²) in [6.45, 7) is 3.53. The van der Waals surface area contributed by atoms with Crippen molar-refractivity contribution in [1.82, 2.24) is 5.32 Å². The van der Waals surface area contributed by atoms with E-state index in [9.17, 15) is 4.79 Å². The molecule has 0 aromatic rings. The third-order valence-corrected chi connectivity index (χ3v) is 2.55. The van der Waals surface area contributed by atoms with Crippen molar-refractivity contribution in [2.24, 2.45) is 17.6 Å². The van der Waals surface area contributed by atoms with Crippen molar-refractivity contribution in [1.29, 1.82) is 0 Å². The van der Waals surface area contributed by atoms with Crippen molar-refractivity contribution >= 4 is 5.91 Å². The zero-order valence-electron chi connectivity index (χ0n) is 8.38. The maximum absolute atomic E-state index is 11.4. The molecule has 1 saturated carbocycles. The van der Waals surface area contributed by atoms with Gasteiger partial charge in [-0.1, -0.05) is 6.92 Å². The van der Waals surface area contributed by atoms with Gasteiger partial charge in [0.15, 0.2) is 0 Å². The minimum absolute atomic E-state index is 0.127. The van der Waals surface area contributed by atoms with Crippen molar-refractivity contribution in [2.75, 3.05) is 13.1 Å². The molecule has 1 atom stereocenters. The van der Waals surface area contributed by atoms with Crippen LogP contribution >= 0.6 is 0 Å². The lowest BCUT2D eigenvalue weighted by Gasteiger charge is -2.10. The van der Waals surface area contributed by atoms with Crippen LogP contribution in [0.15, 0.2) is 0 Å². The minimum Gasteiger partial charge on any atom is -0.356 e. The van der Waals surface area contributed by atoms with Gasteiger partial charge in [-0.15, -0.1) is 0 Å². The summed E-state index contributed by atoms with van der Waals surface area (Å²) < 4.78 is 0. The first-order valence-electron chi connectivity index (χ1n) is 5.21. The molecular weight excluding hydrogens is 164 g/mol. The number of carbonyl (C=O) groups excluding carboxylic acids is 1. The van der Waals surface area contributed by atoms with Gasteiger partial charge in [0.1, 0.15) is 0 Å². The van der Waals surface area contributed by atoms with Crippen LogP contribution in [0.2, 0.25) is 0 Å². The highest BCUT2D eigenvalue weighted by atomic mass is 16.1. The second kappa shape index (κ2) is 5.22. The zero-order chi connectivity index (χ0) is 9.68. The Morgan fingerprint density at radius 3 is 2.85 bits per heavy atom. The molecule has 3 heteroatoms. The molecule has 0 spiro atoms. The van der Waals surface area contributed by atoms with E-state index in [4.69, 9.17) is 5.73 Å². The number of nitrogens with two attached hydrogens (primary N) is 1. The lowest BCUT2D eigenvalue weighted by molar-refractivity contribution is -0.124. The van der Waals surface area contributed by atoms with Gasteiger partial charge in [0.25, 0.3) is 0 Å². The first kappa shape index (κ1) is 10.5. The Kier molecular flexibility index (Phi) is 4.22. The SMILES string of the molecule is CC(CCCN)C(=O)NCC1CC1. The van der Waals surface area contributed by atoms with Crippen molar-refractivity contribution in [2.45, 2.75) is 32.6 Å². The molecule has 0 heterocycles. The molecule has 0 aromatic heterocycles. The smallest absolute Gasteiger partial charge is 0.222 e. The molecule has 76 valence electrons. The van der Waals surface area contributed by atoms with E-state index in [2.05, 4.69) is 5.32 Å². The molecule has 3 N–H and O–H groups in total.